The highest BCUT2D eigenvalue weighted by Crippen LogP contribution is 2.29. The van der Waals surface area contributed by atoms with Crippen LogP contribution >= 0.6 is 11.6 Å². The second-order valence-corrected chi connectivity index (χ2v) is 7.14. The molecule has 0 aromatic heterocycles. The topological polar surface area (TPSA) is 47.6 Å². The molecule has 0 fully saturated rings. The highest BCUT2D eigenvalue weighted by Gasteiger charge is 2.06. The molecule has 2 aromatic carbocycles. The van der Waals surface area contributed by atoms with E-state index in [9.17, 15) is 4.79 Å². The number of carbonyl (C=O) groups is 1. The minimum Gasteiger partial charge on any atom is -0.493 e. The third-order valence-corrected chi connectivity index (χ3v) is 4.41. The van der Waals surface area contributed by atoms with E-state index >= 15 is 0 Å². The molecule has 2 aromatic rings. The largest absolute Gasteiger partial charge is 0.493 e. The lowest BCUT2D eigenvalue weighted by Crippen LogP contribution is -2.07. The molecule has 27 heavy (non-hydrogen) atoms. The quantitative estimate of drug-likeness (QED) is 0.588. The number of benzene rings is 2. The molecule has 0 unspecified atom stereocenters. The molecule has 0 aliphatic carbocycles. The summed E-state index contributed by atoms with van der Waals surface area (Å²) in [4.78, 5) is 12.1. The summed E-state index contributed by atoms with van der Waals surface area (Å²) in [6.07, 6.45) is 4.18. The molecule has 1 amide bonds. The number of hydrogen-bond donors (Lipinski definition) is 1. The Morgan fingerprint density at radius 3 is 2.63 bits per heavy atom. The first kappa shape index (κ1) is 20.8. The van der Waals surface area contributed by atoms with Crippen LogP contribution in [0.4, 0.5) is 5.69 Å². The zero-order valence-corrected chi connectivity index (χ0v) is 17.0. The van der Waals surface area contributed by atoms with Gasteiger partial charge in [0.05, 0.1) is 13.7 Å². The van der Waals surface area contributed by atoms with Crippen LogP contribution in [-0.4, -0.2) is 19.6 Å². The van der Waals surface area contributed by atoms with E-state index in [-0.39, 0.29) is 5.91 Å². The Morgan fingerprint density at radius 2 is 1.96 bits per heavy atom. The molecule has 5 heteroatoms. The summed E-state index contributed by atoms with van der Waals surface area (Å²) in [6.45, 7) is 6.87. The Labute approximate surface area is 166 Å². The number of anilines is 1. The molecule has 0 radical (unpaired) electrons. The average molecular weight is 388 g/mol. The van der Waals surface area contributed by atoms with Crippen LogP contribution in [-0.2, 0) is 4.79 Å². The maximum Gasteiger partial charge on any atom is 0.248 e. The van der Waals surface area contributed by atoms with E-state index in [2.05, 4.69) is 19.2 Å². The van der Waals surface area contributed by atoms with E-state index in [0.717, 1.165) is 17.5 Å². The lowest BCUT2D eigenvalue weighted by atomic mass is 10.1. The van der Waals surface area contributed by atoms with Crippen LogP contribution in [0, 0.1) is 12.8 Å². The number of halogens is 1. The molecular weight excluding hydrogens is 362 g/mol. The average Bonchev–Trinajstić information content (AvgIpc) is 2.63. The second kappa shape index (κ2) is 10.0. The Hall–Kier alpha value is -2.46. The highest BCUT2D eigenvalue weighted by atomic mass is 35.5. The zero-order chi connectivity index (χ0) is 19.8. The molecular formula is C22H26ClNO3. The predicted octanol–water partition coefficient (Wildman–Crippen LogP) is 5.73. The smallest absolute Gasteiger partial charge is 0.248 e. The third-order valence-electron chi connectivity index (χ3n) is 4.01. The summed E-state index contributed by atoms with van der Waals surface area (Å²) in [5, 5.41) is 3.41. The normalized spacial score (nSPS) is 11.0. The summed E-state index contributed by atoms with van der Waals surface area (Å²) in [5.41, 5.74) is 2.47. The molecule has 0 aliphatic rings. The SMILES string of the molecule is COc1cc(C=CC(=O)Nc2ccc(C)c(Cl)c2)ccc1OCCC(C)C. The van der Waals surface area contributed by atoms with Crippen molar-refractivity contribution in [2.45, 2.75) is 27.2 Å². The van der Waals surface area contributed by atoms with Gasteiger partial charge in [0.25, 0.3) is 0 Å². The number of aryl methyl sites for hydroxylation is 1. The van der Waals surface area contributed by atoms with Crippen molar-refractivity contribution >= 4 is 29.3 Å². The van der Waals surface area contributed by atoms with E-state index < -0.39 is 0 Å². The van der Waals surface area contributed by atoms with E-state index in [1.807, 2.05) is 37.3 Å². The molecule has 4 nitrogen and oxygen atoms in total. The molecule has 1 N–H and O–H groups in total. The van der Waals surface area contributed by atoms with Crippen LogP contribution < -0.4 is 14.8 Å². The van der Waals surface area contributed by atoms with Gasteiger partial charge >= 0.3 is 0 Å². The van der Waals surface area contributed by atoms with Crippen LogP contribution in [0.5, 0.6) is 11.5 Å². The van der Waals surface area contributed by atoms with Crippen LogP contribution in [0.15, 0.2) is 42.5 Å². The summed E-state index contributed by atoms with van der Waals surface area (Å²) < 4.78 is 11.2. The summed E-state index contributed by atoms with van der Waals surface area (Å²) >= 11 is 6.08. The highest BCUT2D eigenvalue weighted by molar-refractivity contribution is 6.31. The van der Waals surface area contributed by atoms with Gasteiger partial charge in [-0.1, -0.05) is 37.6 Å². The first-order valence-electron chi connectivity index (χ1n) is 8.95. The van der Waals surface area contributed by atoms with E-state index in [4.69, 9.17) is 21.1 Å². The first-order chi connectivity index (χ1) is 12.9. The summed E-state index contributed by atoms with van der Waals surface area (Å²) in [7, 11) is 1.60. The van der Waals surface area contributed by atoms with Crippen molar-refractivity contribution in [3.05, 3.63) is 58.6 Å². The minimum absolute atomic E-state index is 0.230. The maximum absolute atomic E-state index is 12.1. The van der Waals surface area contributed by atoms with Crippen LogP contribution in [0.25, 0.3) is 6.08 Å². The summed E-state index contributed by atoms with van der Waals surface area (Å²) in [5.74, 6) is 1.70. The fraction of sp³-hybridized carbons (Fsp3) is 0.318. The van der Waals surface area contributed by atoms with Gasteiger partial charge in [-0.25, -0.2) is 0 Å². The molecule has 0 heterocycles. The number of ether oxygens (including phenoxy) is 2. The van der Waals surface area contributed by atoms with Gasteiger partial charge in [-0.3, -0.25) is 4.79 Å². The Morgan fingerprint density at radius 1 is 1.19 bits per heavy atom. The standard InChI is InChI=1S/C22H26ClNO3/c1-15(2)11-12-27-20-9-6-17(13-21(20)26-4)7-10-22(25)24-18-8-5-16(3)19(23)14-18/h5-10,13-15H,11-12H2,1-4H3,(H,24,25). The molecule has 0 atom stereocenters. The van der Waals surface area contributed by atoms with E-state index in [1.165, 1.54) is 6.08 Å². The number of amides is 1. The van der Waals surface area contributed by atoms with Crippen molar-refractivity contribution in [1.29, 1.82) is 0 Å². The maximum atomic E-state index is 12.1. The van der Waals surface area contributed by atoms with Gasteiger partial charge in [-0.15, -0.1) is 0 Å². The second-order valence-electron chi connectivity index (χ2n) is 6.73. The van der Waals surface area contributed by atoms with Crippen molar-refractivity contribution in [2.75, 3.05) is 19.0 Å². The lowest BCUT2D eigenvalue weighted by molar-refractivity contribution is -0.111. The number of rotatable bonds is 8. The van der Waals surface area contributed by atoms with Gasteiger partial charge in [-0.2, -0.15) is 0 Å². The van der Waals surface area contributed by atoms with Gasteiger partial charge in [0.15, 0.2) is 11.5 Å². The van der Waals surface area contributed by atoms with Crippen molar-refractivity contribution in [1.82, 2.24) is 0 Å². The molecule has 0 bridgehead atoms. The van der Waals surface area contributed by atoms with E-state index in [1.54, 1.807) is 19.3 Å². The van der Waals surface area contributed by atoms with Gasteiger partial charge in [0.2, 0.25) is 5.91 Å². The third kappa shape index (κ3) is 6.65. The van der Waals surface area contributed by atoms with E-state index in [0.29, 0.717) is 34.7 Å². The molecule has 0 saturated carbocycles. The molecule has 0 spiro atoms. The van der Waals surface area contributed by atoms with Gasteiger partial charge in [0.1, 0.15) is 0 Å². The Balaban J connectivity index is 2.00. The van der Waals surface area contributed by atoms with Crippen LogP contribution in [0.1, 0.15) is 31.4 Å². The van der Waals surface area contributed by atoms with Gasteiger partial charge in [-0.05, 0) is 60.7 Å². The predicted molar refractivity (Wildman–Crippen MR) is 112 cm³/mol. The monoisotopic (exact) mass is 387 g/mol. The van der Waals surface area contributed by atoms with Gasteiger partial charge < -0.3 is 14.8 Å². The fourth-order valence-electron chi connectivity index (χ4n) is 2.34. The van der Waals surface area contributed by atoms with Crippen molar-refractivity contribution < 1.29 is 14.3 Å². The minimum atomic E-state index is -0.230. The molecule has 0 aliphatic heterocycles. The van der Waals surface area contributed by atoms with Crippen LogP contribution in [0.3, 0.4) is 0 Å². The summed E-state index contributed by atoms with van der Waals surface area (Å²) in [6, 6.07) is 11.0. The molecule has 2 rings (SSSR count). The zero-order valence-electron chi connectivity index (χ0n) is 16.2. The number of carbonyl (C=O) groups excluding carboxylic acids is 1. The Bertz CT molecular complexity index is 815. The van der Waals surface area contributed by atoms with Crippen molar-refractivity contribution in [2.24, 2.45) is 5.92 Å². The first-order valence-corrected chi connectivity index (χ1v) is 9.33. The number of nitrogens with one attached hydrogen (secondary N) is 1. The van der Waals surface area contributed by atoms with Crippen molar-refractivity contribution in [3.8, 4) is 11.5 Å². The molecule has 0 saturated heterocycles. The lowest BCUT2D eigenvalue weighted by Gasteiger charge is -2.12. The number of hydrogen-bond acceptors (Lipinski definition) is 3. The van der Waals surface area contributed by atoms with Crippen molar-refractivity contribution in [3.63, 3.8) is 0 Å². The van der Waals surface area contributed by atoms with Gasteiger partial charge in [0, 0.05) is 16.8 Å². The fourth-order valence-corrected chi connectivity index (χ4v) is 2.52. The molecule has 144 valence electrons. The van der Waals surface area contributed by atoms with Crippen LogP contribution in [0.2, 0.25) is 5.02 Å². The Kier molecular flexibility index (Phi) is 7.74. The number of methoxy groups -OCH3 is 1.